The molecule has 0 saturated carbocycles. The van der Waals surface area contributed by atoms with Gasteiger partial charge >= 0.3 is 5.97 Å². The van der Waals surface area contributed by atoms with Crippen LogP contribution in [0.3, 0.4) is 0 Å². The summed E-state index contributed by atoms with van der Waals surface area (Å²) in [6, 6.07) is 8.63. The quantitative estimate of drug-likeness (QED) is 0.942. The first kappa shape index (κ1) is 14.1. The Hall–Kier alpha value is -1.86. The summed E-state index contributed by atoms with van der Waals surface area (Å²) in [6.07, 6.45) is 1.61. The van der Waals surface area contributed by atoms with Crippen molar-refractivity contribution in [3.63, 3.8) is 0 Å². The fraction of sp³-hybridized carbons (Fsp3) is 0.214. The van der Waals surface area contributed by atoms with Crippen molar-refractivity contribution in [2.24, 2.45) is 0 Å². The minimum absolute atomic E-state index is 0.0267. The van der Waals surface area contributed by atoms with Gasteiger partial charge in [0.2, 0.25) is 0 Å². The zero-order chi connectivity index (χ0) is 15.0. The minimum atomic E-state index is -3.71. The van der Waals surface area contributed by atoms with E-state index in [-0.39, 0.29) is 9.77 Å². The molecular formula is C14H13NO4S2. The molecule has 0 aliphatic carbocycles. The van der Waals surface area contributed by atoms with Gasteiger partial charge in [0.15, 0.2) is 0 Å². The molecular weight excluding hydrogens is 310 g/mol. The average Bonchev–Trinajstić information content (AvgIpc) is 2.97. The number of anilines is 1. The maximum Gasteiger partial charge on any atom is 0.345 e. The van der Waals surface area contributed by atoms with Gasteiger partial charge in [0, 0.05) is 11.9 Å². The Kier molecular flexibility index (Phi) is 3.46. The first-order chi connectivity index (χ1) is 10.00. The number of carbonyl (C=O) groups is 1. The van der Waals surface area contributed by atoms with Crippen molar-refractivity contribution in [2.75, 3.05) is 10.8 Å². The lowest BCUT2D eigenvalue weighted by Crippen LogP contribution is -2.35. The zero-order valence-electron chi connectivity index (χ0n) is 11.0. The molecule has 0 radical (unpaired) electrons. The molecule has 1 aliphatic rings. The molecule has 110 valence electrons. The SMILES string of the molecule is O=C(O)c1cc(S(=O)(=O)N2CCCc3ccccc32)cs1. The second kappa shape index (κ2) is 5.16. The zero-order valence-corrected chi connectivity index (χ0v) is 12.7. The van der Waals surface area contributed by atoms with Crippen LogP contribution in [0.4, 0.5) is 5.69 Å². The number of benzene rings is 1. The van der Waals surface area contributed by atoms with Crippen molar-refractivity contribution in [1.82, 2.24) is 0 Å². The topological polar surface area (TPSA) is 74.7 Å². The Morgan fingerprint density at radius 2 is 2.05 bits per heavy atom. The highest BCUT2D eigenvalue weighted by molar-refractivity contribution is 7.93. The Labute approximate surface area is 126 Å². The number of sulfonamides is 1. The van der Waals surface area contributed by atoms with E-state index in [1.165, 1.54) is 15.8 Å². The van der Waals surface area contributed by atoms with E-state index in [2.05, 4.69) is 0 Å². The number of rotatable bonds is 3. The van der Waals surface area contributed by atoms with Crippen LogP contribution in [0.5, 0.6) is 0 Å². The Balaban J connectivity index is 2.05. The summed E-state index contributed by atoms with van der Waals surface area (Å²) in [7, 11) is -3.71. The monoisotopic (exact) mass is 323 g/mol. The Bertz CT molecular complexity index is 795. The predicted molar refractivity (Wildman–Crippen MR) is 80.6 cm³/mol. The molecule has 0 atom stereocenters. The van der Waals surface area contributed by atoms with E-state index >= 15 is 0 Å². The van der Waals surface area contributed by atoms with E-state index in [9.17, 15) is 13.2 Å². The van der Waals surface area contributed by atoms with Crippen molar-refractivity contribution < 1.29 is 18.3 Å². The number of hydrogen-bond acceptors (Lipinski definition) is 4. The Morgan fingerprint density at radius 3 is 2.76 bits per heavy atom. The molecule has 0 fully saturated rings. The maximum absolute atomic E-state index is 12.7. The lowest BCUT2D eigenvalue weighted by molar-refractivity contribution is 0.0702. The van der Waals surface area contributed by atoms with E-state index in [1.807, 2.05) is 18.2 Å². The van der Waals surface area contributed by atoms with E-state index < -0.39 is 16.0 Å². The number of aryl methyl sites for hydroxylation is 1. The van der Waals surface area contributed by atoms with Crippen LogP contribution in [0.25, 0.3) is 0 Å². The number of aromatic carboxylic acids is 1. The van der Waals surface area contributed by atoms with Crippen molar-refractivity contribution >= 4 is 33.0 Å². The smallest absolute Gasteiger partial charge is 0.345 e. The predicted octanol–water partition coefficient (Wildman–Crippen LogP) is 2.59. The highest BCUT2D eigenvalue weighted by atomic mass is 32.2. The third-order valence-corrected chi connectivity index (χ3v) is 6.30. The largest absolute Gasteiger partial charge is 0.477 e. The van der Waals surface area contributed by atoms with Crippen LogP contribution in [0.2, 0.25) is 0 Å². The van der Waals surface area contributed by atoms with Crippen molar-refractivity contribution in [1.29, 1.82) is 0 Å². The number of hydrogen-bond donors (Lipinski definition) is 1. The number of thiophene rings is 1. The summed E-state index contributed by atoms with van der Waals surface area (Å²) in [5.41, 5.74) is 1.69. The lowest BCUT2D eigenvalue weighted by atomic mass is 10.0. The van der Waals surface area contributed by atoms with Gasteiger partial charge in [-0.2, -0.15) is 0 Å². The molecule has 7 heteroatoms. The number of para-hydroxylation sites is 1. The molecule has 0 bridgehead atoms. The molecule has 0 amide bonds. The van der Waals surface area contributed by atoms with Crippen molar-refractivity contribution in [3.8, 4) is 0 Å². The normalized spacial score (nSPS) is 14.8. The highest BCUT2D eigenvalue weighted by Gasteiger charge is 2.30. The second-order valence-electron chi connectivity index (χ2n) is 4.76. The van der Waals surface area contributed by atoms with Gasteiger partial charge in [-0.1, -0.05) is 18.2 Å². The van der Waals surface area contributed by atoms with Gasteiger partial charge in [-0.3, -0.25) is 4.31 Å². The van der Waals surface area contributed by atoms with Gasteiger partial charge in [0.05, 0.1) is 10.6 Å². The lowest BCUT2D eigenvalue weighted by Gasteiger charge is -2.30. The third kappa shape index (κ3) is 2.43. The molecule has 1 N–H and O–H groups in total. The van der Waals surface area contributed by atoms with E-state index in [1.54, 1.807) is 6.07 Å². The fourth-order valence-electron chi connectivity index (χ4n) is 2.44. The molecule has 0 saturated heterocycles. The molecule has 1 aliphatic heterocycles. The van der Waals surface area contributed by atoms with Gasteiger partial charge in [0.25, 0.3) is 10.0 Å². The third-order valence-electron chi connectivity index (χ3n) is 3.44. The van der Waals surface area contributed by atoms with Gasteiger partial charge in [0.1, 0.15) is 4.88 Å². The van der Waals surface area contributed by atoms with Crippen LogP contribution in [0.15, 0.2) is 40.6 Å². The van der Waals surface area contributed by atoms with E-state index in [4.69, 9.17) is 5.11 Å². The van der Waals surface area contributed by atoms with Crippen LogP contribution in [0.1, 0.15) is 21.7 Å². The molecule has 2 aromatic rings. The number of nitrogens with zero attached hydrogens (tertiary/aromatic N) is 1. The van der Waals surface area contributed by atoms with Crippen LogP contribution in [-0.2, 0) is 16.4 Å². The molecule has 0 spiro atoms. The van der Waals surface area contributed by atoms with E-state index in [0.717, 1.165) is 29.7 Å². The molecule has 5 nitrogen and oxygen atoms in total. The summed E-state index contributed by atoms with van der Waals surface area (Å²) >= 11 is 0.924. The number of carboxylic acid groups (broad SMARTS) is 1. The van der Waals surface area contributed by atoms with Crippen molar-refractivity contribution in [2.45, 2.75) is 17.7 Å². The number of fused-ring (bicyclic) bond motifs is 1. The maximum atomic E-state index is 12.7. The summed E-state index contributed by atoms with van der Waals surface area (Å²) in [5, 5.41) is 10.3. The highest BCUT2D eigenvalue weighted by Crippen LogP contribution is 2.33. The van der Waals surface area contributed by atoms with Gasteiger partial charge in [-0.15, -0.1) is 11.3 Å². The minimum Gasteiger partial charge on any atom is -0.477 e. The fourth-order valence-corrected chi connectivity index (χ4v) is 5.08. The summed E-state index contributed by atoms with van der Waals surface area (Å²) < 4.78 is 26.8. The Morgan fingerprint density at radius 1 is 1.29 bits per heavy atom. The standard InChI is InChI=1S/C14H13NO4S2/c16-14(17)13-8-11(9-20-13)21(18,19)15-7-3-5-10-4-1-2-6-12(10)15/h1-2,4,6,8-9H,3,5,7H2,(H,16,17). The molecule has 21 heavy (non-hydrogen) atoms. The van der Waals surface area contributed by atoms with Crippen LogP contribution in [0, 0.1) is 0 Å². The summed E-state index contributed by atoms with van der Waals surface area (Å²) in [4.78, 5) is 11.0. The van der Waals surface area contributed by atoms with Crippen LogP contribution < -0.4 is 4.31 Å². The molecule has 1 aromatic carbocycles. The molecule has 1 aromatic heterocycles. The summed E-state index contributed by atoms with van der Waals surface area (Å²) in [6.45, 7) is 0.414. The van der Waals surface area contributed by atoms with E-state index in [0.29, 0.717) is 12.2 Å². The molecule has 0 unspecified atom stereocenters. The number of carboxylic acids is 1. The van der Waals surface area contributed by atoms with Crippen LogP contribution >= 0.6 is 11.3 Å². The second-order valence-corrected chi connectivity index (χ2v) is 7.53. The van der Waals surface area contributed by atoms with Crippen molar-refractivity contribution in [3.05, 3.63) is 46.2 Å². The first-order valence-corrected chi connectivity index (χ1v) is 8.74. The average molecular weight is 323 g/mol. The first-order valence-electron chi connectivity index (χ1n) is 6.42. The summed E-state index contributed by atoms with van der Waals surface area (Å²) in [5.74, 6) is -1.11. The molecule has 3 rings (SSSR count). The van der Waals surface area contributed by atoms with Gasteiger partial charge < -0.3 is 5.11 Å². The van der Waals surface area contributed by atoms with Crippen LogP contribution in [-0.4, -0.2) is 26.0 Å². The van der Waals surface area contributed by atoms with Gasteiger partial charge in [-0.05, 0) is 30.5 Å². The molecule has 2 heterocycles. The van der Waals surface area contributed by atoms with Gasteiger partial charge in [-0.25, -0.2) is 13.2 Å².